The summed E-state index contributed by atoms with van der Waals surface area (Å²) in [6, 6.07) is 1.96. The first-order chi connectivity index (χ1) is 8.74. The molecular formula is C8H8FN3O6S. The van der Waals surface area contributed by atoms with Gasteiger partial charge in [-0.25, -0.2) is 12.8 Å². The summed E-state index contributed by atoms with van der Waals surface area (Å²) in [5.74, 6) is -2.27. The first-order valence-electron chi connectivity index (χ1n) is 4.60. The number of benzene rings is 1. The molecule has 1 rings (SSSR count). The van der Waals surface area contributed by atoms with Crippen LogP contribution in [0.5, 0.6) is 0 Å². The minimum Gasteiger partial charge on any atom is -0.368 e. The summed E-state index contributed by atoms with van der Waals surface area (Å²) in [7, 11) is -4.41. The predicted molar refractivity (Wildman–Crippen MR) is 58.5 cm³/mol. The summed E-state index contributed by atoms with van der Waals surface area (Å²) in [4.78, 5) is 24.6. The van der Waals surface area contributed by atoms with Crippen molar-refractivity contribution in [2.75, 3.05) is 6.61 Å². The van der Waals surface area contributed by atoms with Crippen molar-refractivity contribution in [1.29, 1.82) is 0 Å². The highest BCUT2D eigenvalue weighted by molar-refractivity contribution is 7.89. The second-order valence-electron chi connectivity index (χ2n) is 3.21. The van der Waals surface area contributed by atoms with E-state index >= 15 is 0 Å². The summed E-state index contributed by atoms with van der Waals surface area (Å²) in [6.45, 7) is -0.742. The molecule has 1 aromatic rings. The molecule has 1 amide bonds. The highest BCUT2D eigenvalue weighted by atomic mass is 32.2. The molecule has 1 aromatic carbocycles. The van der Waals surface area contributed by atoms with Gasteiger partial charge in [-0.3, -0.25) is 19.7 Å². The number of amides is 1. The van der Waals surface area contributed by atoms with E-state index < -0.39 is 43.9 Å². The third-order valence-electron chi connectivity index (χ3n) is 1.80. The van der Waals surface area contributed by atoms with Crippen molar-refractivity contribution in [2.45, 2.75) is 4.90 Å². The third-order valence-corrected chi connectivity index (χ3v) is 3.05. The highest BCUT2D eigenvalue weighted by Crippen LogP contribution is 2.20. The number of rotatable bonds is 6. The number of hydrogen-bond donors (Lipinski definition) is 2. The molecule has 0 spiro atoms. The van der Waals surface area contributed by atoms with Crippen molar-refractivity contribution in [3.8, 4) is 0 Å². The van der Waals surface area contributed by atoms with Crippen molar-refractivity contribution >= 4 is 21.6 Å². The summed E-state index contributed by atoms with van der Waals surface area (Å²) in [5, 5.41) is 10.4. The van der Waals surface area contributed by atoms with Gasteiger partial charge < -0.3 is 5.73 Å². The summed E-state index contributed by atoms with van der Waals surface area (Å²) in [6.07, 6.45) is 0. The van der Waals surface area contributed by atoms with Crippen molar-refractivity contribution in [3.63, 3.8) is 0 Å². The molecule has 0 aliphatic carbocycles. The van der Waals surface area contributed by atoms with Crippen molar-refractivity contribution in [2.24, 2.45) is 5.73 Å². The van der Waals surface area contributed by atoms with E-state index in [0.717, 1.165) is 6.07 Å². The van der Waals surface area contributed by atoms with E-state index in [1.807, 2.05) is 0 Å². The second kappa shape index (κ2) is 5.69. The number of nitrogens with two attached hydrogens (primary N) is 1. The van der Waals surface area contributed by atoms with Crippen LogP contribution in [0.25, 0.3) is 0 Å². The van der Waals surface area contributed by atoms with Crippen molar-refractivity contribution < 1.29 is 27.4 Å². The number of carbonyl (C=O) groups is 1. The van der Waals surface area contributed by atoms with E-state index in [1.165, 1.54) is 4.89 Å². The monoisotopic (exact) mass is 293 g/mol. The minimum atomic E-state index is -4.41. The molecule has 0 aliphatic heterocycles. The number of nitro groups is 1. The van der Waals surface area contributed by atoms with E-state index in [4.69, 9.17) is 5.73 Å². The largest absolute Gasteiger partial charge is 0.368 e. The average molecular weight is 293 g/mol. The van der Waals surface area contributed by atoms with Gasteiger partial charge in [0.1, 0.15) is 17.3 Å². The number of primary amides is 1. The van der Waals surface area contributed by atoms with Gasteiger partial charge in [-0.1, -0.05) is 4.89 Å². The fourth-order valence-corrected chi connectivity index (χ4v) is 1.91. The van der Waals surface area contributed by atoms with Crippen molar-refractivity contribution in [3.05, 3.63) is 34.1 Å². The normalized spacial score (nSPS) is 11.2. The van der Waals surface area contributed by atoms with E-state index in [9.17, 15) is 27.7 Å². The lowest BCUT2D eigenvalue weighted by atomic mass is 10.3. The standard InChI is InChI=1S/C8H8FN3O6S/c9-6-3-5(12(14)15)1-2-7(6)19(16,17)11-18-4-8(10)13/h1-3,11H,4H2,(H2,10,13). The number of nitrogens with one attached hydrogen (secondary N) is 1. The Bertz CT molecular complexity index is 617. The first-order valence-corrected chi connectivity index (χ1v) is 6.08. The maximum absolute atomic E-state index is 13.4. The molecule has 0 unspecified atom stereocenters. The third kappa shape index (κ3) is 3.94. The van der Waals surface area contributed by atoms with Crippen LogP contribution in [0.1, 0.15) is 0 Å². The lowest BCUT2D eigenvalue weighted by Gasteiger charge is -2.06. The molecule has 0 aliphatic rings. The van der Waals surface area contributed by atoms with Crippen LogP contribution >= 0.6 is 0 Å². The Morgan fingerprint density at radius 2 is 2.16 bits per heavy atom. The lowest BCUT2D eigenvalue weighted by Crippen LogP contribution is -2.30. The van der Waals surface area contributed by atoms with Crippen LogP contribution in [0.4, 0.5) is 10.1 Å². The Kier molecular flexibility index (Phi) is 4.47. The smallest absolute Gasteiger partial charge is 0.272 e. The Labute approximate surface area is 106 Å². The number of nitro benzene ring substituents is 1. The van der Waals surface area contributed by atoms with Crippen LogP contribution in [0, 0.1) is 15.9 Å². The predicted octanol–water partition coefficient (Wildman–Crippen LogP) is -0.571. The number of halogens is 1. The SMILES string of the molecule is NC(=O)CONS(=O)(=O)c1ccc([N+](=O)[O-])cc1F. The zero-order valence-electron chi connectivity index (χ0n) is 9.20. The minimum absolute atomic E-state index is 0.447. The molecule has 9 nitrogen and oxygen atoms in total. The molecule has 19 heavy (non-hydrogen) atoms. The summed E-state index contributed by atoms with van der Waals surface area (Å²) < 4.78 is 36.5. The van der Waals surface area contributed by atoms with Crippen LogP contribution in [-0.2, 0) is 19.7 Å². The van der Waals surface area contributed by atoms with Gasteiger partial charge >= 0.3 is 0 Å². The number of sulfonamides is 1. The van der Waals surface area contributed by atoms with Crippen molar-refractivity contribution in [1.82, 2.24) is 4.89 Å². The molecule has 0 radical (unpaired) electrons. The quantitative estimate of drug-likeness (QED) is 0.531. The zero-order chi connectivity index (χ0) is 14.6. The van der Waals surface area contributed by atoms with E-state index in [-0.39, 0.29) is 0 Å². The molecule has 11 heteroatoms. The molecule has 104 valence electrons. The fourth-order valence-electron chi connectivity index (χ4n) is 1.04. The molecule has 0 saturated carbocycles. The Morgan fingerprint density at radius 1 is 1.53 bits per heavy atom. The summed E-state index contributed by atoms with van der Waals surface area (Å²) in [5.41, 5.74) is 4.09. The van der Waals surface area contributed by atoms with Gasteiger partial charge in [-0.05, 0) is 6.07 Å². The number of carbonyl (C=O) groups excluding carboxylic acids is 1. The van der Waals surface area contributed by atoms with Gasteiger partial charge in [0.05, 0.1) is 11.0 Å². The van der Waals surface area contributed by atoms with Crippen LogP contribution in [0.3, 0.4) is 0 Å². The van der Waals surface area contributed by atoms with Crippen LogP contribution in [-0.4, -0.2) is 25.9 Å². The van der Waals surface area contributed by atoms with Crippen LogP contribution < -0.4 is 10.6 Å². The number of non-ortho nitro benzene ring substituents is 1. The van der Waals surface area contributed by atoms with Crippen LogP contribution in [0.2, 0.25) is 0 Å². The molecule has 0 aromatic heterocycles. The molecule has 0 fully saturated rings. The topological polar surface area (TPSA) is 142 Å². The molecule has 0 atom stereocenters. The number of hydrogen-bond acceptors (Lipinski definition) is 6. The first kappa shape index (κ1) is 14.9. The van der Waals surface area contributed by atoms with Gasteiger partial charge in [0.2, 0.25) is 5.91 Å². The maximum atomic E-state index is 13.4. The average Bonchev–Trinajstić information content (AvgIpc) is 2.27. The van der Waals surface area contributed by atoms with Gasteiger partial charge in [0.15, 0.2) is 0 Å². The summed E-state index contributed by atoms with van der Waals surface area (Å²) >= 11 is 0. The number of nitrogens with zero attached hydrogens (tertiary/aromatic N) is 1. The zero-order valence-corrected chi connectivity index (χ0v) is 10.0. The van der Waals surface area contributed by atoms with E-state index in [2.05, 4.69) is 4.84 Å². The molecule has 3 N–H and O–H groups in total. The highest BCUT2D eigenvalue weighted by Gasteiger charge is 2.22. The lowest BCUT2D eigenvalue weighted by molar-refractivity contribution is -0.385. The fraction of sp³-hybridized carbons (Fsp3) is 0.125. The molecule has 0 bridgehead atoms. The maximum Gasteiger partial charge on any atom is 0.272 e. The van der Waals surface area contributed by atoms with Gasteiger partial charge in [0, 0.05) is 6.07 Å². The Balaban J connectivity index is 2.96. The molecule has 0 heterocycles. The van der Waals surface area contributed by atoms with Gasteiger partial charge in [0.25, 0.3) is 15.7 Å². The molecular weight excluding hydrogens is 285 g/mol. The molecule has 0 saturated heterocycles. The van der Waals surface area contributed by atoms with Gasteiger partial charge in [-0.2, -0.15) is 0 Å². The van der Waals surface area contributed by atoms with Gasteiger partial charge in [-0.15, -0.1) is 0 Å². The Morgan fingerprint density at radius 3 is 2.63 bits per heavy atom. The van der Waals surface area contributed by atoms with E-state index in [1.54, 1.807) is 0 Å². The second-order valence-corrected chi connectivity index (χ2v) is 4.83. The van der Waals surface area contributed by atoms with Crippen LogP contribution in [0.15, 0.2) is 23.1 Å². The Hall–Kier alpha value is -2.11. The van der Waals surface area contributed by atoms with E-state index in [0.29, 0.717) is 12.1 Å².